The maximum absolute atomic E-state index is 11.5. The summed E-state index contributed by atoms with van der Waals surface area (Å²) in [5.74, 6) is 1.21. The van der Waals surface area contributed by atoms with Gasteiger partial charge in [-0.3, -0.25) is 0 Å². The van der Waals surface area contributed by atoms with Gasteiger partial charge in [0.2, 0.25) is 0 Å². The van der Waals surface area contributed by atoms with Gasteiger partial charge in [-0.1, -0.05) is 0 Å². The molecule has 7 heteroatoms. The van der Waals surface area contributed by atoms with Crippen molar-refractivity contribution in [2.75, 3.05) is 14.2 Å². The van der Waals surface area contributed by atoms with Gasteiger partial charge in [0, 0.05) is 21.8 Å². The third-order valence-electron chi connectivity index (χ3n) is 4.31. The highest BCUT2D eigenvalue weighted by atomic mass is 16.5. The number of benzene rings is 2. The molecule has 25 heavy (non-hydrogen) atoms. The lowest BCUT2D eigenvalue weighted by atomic mass is 10.1. The van der Waals surface area contributed by atoms with Crippen LogP contribution in [0.4, 0.5) is 5.69 Å². The maximum atomic E-state index is 11.5. The van der Waals surface area contributed by atoms with Gasteiger partial charge in [-0.15, -0.1) is 4.91 Å². The van der Waals surface area contributed by atoms with E-state index in [0.29, 0.717) is 28.1 Å². The number of rotatable bonds is 4. The number of aromatic nitrogens is 2. The van der Waals surface area contributed by atoms with Crippen molar-refractivity contribution >= 4 is 27.5 Å². The average molecular weight is 337 g/mol. The van der Waals surface area contributed by atoms with Gasteiger partial charge in [0.15, 0.2) is 5.88 Å². The summed E-state index contributed by atoms with van der Waals surface area (Å²) in [4.78, 5) is 17.6. The molecular formula is C18H15N3O4. The van der Waals surface area contributed by atoms with Crippen LogP contribution in [-0.2, 0) is 0 Å². The Morgan fingerprint density at radius 1 is 0.920 bits per heavy atom. The number of hydrogen-bond acceptors (Lipinski definition) is 5. The fourth-order valence-corrected chi connectivity index (χ4v) is 3.10. The van der Waals surface area contributed by atoms with E-state index in [1.54, 1.807) is 50.6 Å². The van der Waals surface area contributed by atoms with Crippen LogP contribution in [0, 0.1) is 4.91 Å². The number of H-pyrrole nitrogens is 2. The zero-order valence-corrected chi connectivity index (χ0v) is 13.6. The Kier molecular flexibility index (Phi) is 3.35. The summed E-state index contributed by atoms with van der Waals surface area (Å²) < 4.78 is 10.5. The number of hydrogen-bond donors (Lipinski definition) is 3. The Labute approximate surface area is 142 Å². The van der Waals surface area contributed by atoms with Gasteiger partial charge >= 0.3 is 0 Å². The molecule has 0 unspecified atom stereocenters. The summed E-state index contributed by atoms with van der Waals surface area (Å²) in [6.45, 7) is 0. The maximum Gasteiger partial charge on any atom is 0.199 e. The normalized spacial score (nSPS) is 11.1. The highest BCUT2D eigenvalue weighted by Crippen LogP contribution is 2.45. The second-order valence-corrected chi connectivity index (χ2v) is 5.61. The van der Waals surface area contributed by atoms with Gasteiger partial charge in [-0.2, -0.15) is 0 Å². The minimum absolute atomic E-state index is 0.0494. The number of aromatic amines is 2. The monoisotopic (exact) mass is 337 g/mol. The van der Waals surface area contributed by atoms with E-state index in [9.17, 15) is 10.0 Å². The lowest BCUT2D eigenvalue weighted by molar-refractivity contribution is 0.415. The predicted molar refractivity (Wildman–Crippen MR) is 95.8 cm³/mol. The fourth-order valence-electron chi connectivity index (χ4n) is 3.10. The molecule has 0 atom stereocenters. The topological polar surface area (TPSA) is 99.7 Å². The molecule has 0 aliphatic carbocycles. The molecule has 0 spiro atoms. The summed E-state index contributed by atoms with van der Waals surface area (Å²) in [5.41, 5.74) is 2.57. The molecule has 0 aliphatic rings. The number of nitrogens with zero attached hydrogens (tertiary/aromatic N) is 1. The van der Waals surface area contributed by atoms with Crippen LogP contribution in [0.3, 0.4) is 0 Å². The van der Waals surface area contributed by atoms with Gasteiger partial charge in [-0.05, 0) is 41.6 Å². The van der Waals surface area contributed by atoms with E-state index in [2.05, 4.69) is 15.1 Å². The molecular weight excluding hydrogens is 322 g/mol. The Morgan fingerprint density at radius 2 is 1.52 bits per heavy atom. The quantitative estimate of drug-likeness (QED) is 0.479. The molecule has 7 nitrogen and oxygen atoms in total. The van der Waals surface area contributed by atoms with E-state index in [1.807, 2.05) is 0 Å². The van der Waals surface area contributed by atoms with Gasteiger partial charge in [-0.25, -0.2) is 0 Å². The largest absolute Gasteiger partial charge is 0.497 e. The Balaban J connectivity index is 2.06. The standard InChI is InChI=1S/C18H15N3O4/c1-24-9-3-5-13-11(7-9)15(18(22)20-13)17-16(21-23)12-8-10(25-2)4-6-14(12)19-17/h3-8,19-20,22H,1-2H3. The van der Waals surface area contributed by atoms with Crippen LogP contribution in [-0.4, -0.2) is 29.3 Å². The van der Waals surface area contributed by atoms with E-state index >= 15 is 0 Å². The van der Waals surface area contributed by atoms with Crippen molar-refractivity contribution in [1.82, 2.24) is 9.97 Å². The number of methoxy groups -OCH3 is 2. The number of nitroso groups, excluding NO2 is 1. The van der Waals surface area contributed by atoms with Crippen LogP contribution in [0.1, 0.15) is 0 Å². The molecule has 4 aromatic rings. The van der Waals surface area contributed by atoms with E-state index in [-0.39, 0.29) is 11.6 Å². The van der Waals surface area contributed by atoms with Gasteiger partial charge in [0.1, 0.15) is 17.2 Å². The number of aromatic hydroxyl groups is 1. The zero-order valence-electron chi connectivity index (χ0n) is 13.6. The minimum atomic E-state index is -0.0494. The van der Waals surface area contributed by atoms with Crippen LogP contribution in [0.2, 0.25) is 0 Å². The molecule has 2 heterocycles. The summed E-state index contributed by atoms with van der Waals surface area (Å²) in [6.07, 6.45) is 0. The molecule has 3 N–H and O–H groups in total. The van der Waals surface area contributed by atoms with E-state index in [1.165, 1.54) is 0 Å². The van der Waals surface area contributed by atoms with Crippen molar-refractivity contribution in [3.05, 3.63) is 41.3 Å². The van der Waals surface area contributed by atoms with Crippen molar-refractivity contribution < 1.29 is 14.6 Å². The van der Waals surface area contributed by atoms with Crippen LogP contribution >= 0.6 is 0 Å². The first-order valence-electron chi connectivity index (χ1n) is 7.58. The predicted octanol–water partition coefficient (Wildman–Crippen LogP) is 4.44. The van der Waals surface area contributed by atoms with E-state index < -0.39 is 0 Å². The molecule has 0 saturated carbocycles. The summed E-state index contributed by atoms with van der Waals surface area (Å²) >= 11 is 0. The first-order valence-corrected chi connectivity index (χ1v) is 7.58. The first kappa shape index (κ1) is 15.1. The summed E-state index contributed by atoms with van der Waals surface area (Å²) in [5, 5.41) is 14.9. The van der Waals surface area contributed by atoms with Crippen molar-refractivity contribution in [3.8, 4) is 28.6 Å². The molecule has 0 saturated heterocycles. The number of ether oxygens (including phenoxy) is 2. The van der Waals surface area contributed by atoms with E-state index in [4.69, 9.17) is 9.47 Å². The molecule has 0 aliphatic heterocycles. The van der Waals surface area contributed by atoms with Gasteiger partial charge in [0.25, 0.3) is 0 Å². The van der Waals surface area contributed by atoms with Crippen molar-refractivity contribution in [2.45, 2.75) is 0 Å². The summed E-state index contributed by atoms with van der Waals surface area (Å²) in [6, 6.07) is 10.7. The van der Waals surface area contributed by atoms with Crippen LogP contribution < -0.4 is 9.47 Å². The van der Waals surface area contributed by atoms with Gasteiger partial charge in [0.05, 0.1) is 25.5 Å². The molecule has 126 valence electrons. The fraction of sp³-hybridized carbons (Fsp3) is 0.111. The van der Waals surface area contributed by atoms with Gasteiger partial charge < -0.3 is 24.5 Å². The molecule has 2 aromatic carbocycles. The highest BCUT2D eigenvalue weighted by Gasteiger charge is 2.21. The van der Waals surface area contributed by atoms with Crippen molar-refractivity contribution in [2.24, 2.45) is 5.18 Å². The molecule has 4 rings (SSSR count). The molecule has 0 amide bonds. The van der Waals surface area contributed by atoms with Crippen molar-refractivity contribution in [3.63, 3.8) is 0 Å². The lowest BCUT2D eigenvalue weighted by Crippen LogP contribution is -1.82. The number of fused-ring (bicyclic) bond motifs is 2. The third-order valence-corrected chi connectivity index (χ3v) is 4.31. The SMILES string of the molecule is COc1ccc2[nH]c(-c3c(O)[nH]c4ccc(OC)cc34)c(N=O)c2c1. The molecule has 2 aromatic heterocycles. The van der Waals surface area contributed by atoms with Crippen LogP contribution in [0.15, 0.2) is 41.6 Å². The van der Waals surface area contributed by atoms with E-state index in [0.717, 1.165) is 16.4 Å². The second-order valence-electron chi connectivity index (χ2n) is 5.61. The average Bonchev–Trinajstić information content (AvgIpc) is 3.15. The summed E-state index contributed by atoms with van der Waals surface area (Å²) in [7, 11) is 3.13. The second kappa shape index (κ2) is 5.55. The van der Waals surface area contributed by atoms with Crippen molar-refractivity contribution in [1.29, 1.82) is 0 Å². The number of nitrogens with one attached hydrogen (secondary N) is 2. The van der Waals surface area contributed by atoms with Crippen LogP contribution in [0.5, 0.6) is 17.4 Å². The first-order chi connectivity index (χ1) is 12.2. The molecule has 0 fully saturated rings. The molecule has 0 radical (unpaired) electrons. The smallest absolute Gasteiger partial charge is 0.199 e. The minimum Gasteiger partial charge on any atom is -0.497 e. The zero-order chi connectivity index (χ0) is 17.6. The Hall–Kier alpha value is -3.48. The Morgan fingerprint density at radius 3 is 2.12 bits per heavy atom. The lowest BCUT2D eigenvalue weighted by Gasteiger charge is -2.01. The molecule has 0 bridgehead atoms. The van der Waals surface area contributed by atoms with Crippen LogP contribution in [0.25, 0.3) is 33.1 Å². The third kappa shape index (κ3) is 2.20. The Bertz CT molecular complexity index is 1110. The highest BCUT2D eigenvalue weighted by molar-refractivity contribution is 6.07.